The lowest BCUT2D eigenvalue weighted by atomic mass is 10.1. The summed E-state index contributed by atoms with van der Waals surface area (Å²) in [5.74, 6) is 0.539. The molecule has 0 radical (unpaired) electrons. The Morgan fingerprint density at radius 1 is 1.09 bits per heavy atom. The van der Waals surface area contributed by atoms with E-state index in [-0.39, 0.29) is 0 Å². The quantitative estimate of drug-likeness (QED) is 0.599. The number of aromatic amines is 1. The van der Waals surface area contributed by atoms with Crippen molar-refractivity contribution in [2.75, 3.05) is 7.11 Å². The van der Waals surface area contributed by atoms with Gasteiger partial charge in [0, 0.05) is 22.8 Å². The third-order valence-electron chi connectivity index (χ3n) is 3.53. The third-order valence-corrected chi connectivity index (χ3v) is 4.79. The maximum Gasteiger partial charge on any atom is 0.222 e. The van der Waals surface area contributed by atoms with Gasteiger partial charge in [0.2, 0.25) is 5.88 Å². The van der Waals surface area contributed by atoms with Gasteiger partial charge in [-0.15, -0.1) is 11.3 Å². The van der Waals surface area contributed by atoms with Gasteiger partial charge in [0.25, 0.3) is 0 Å². The normalized spacial score (nSPS) is 11.0. The summed E-state index contributed by atoms with van der Waals surface area (Å²) in [6.45, 7) is 0. The predicted octanol–water partition coefficient (Wildman–Crippen LogP) is 4.41. The van der Waals surface area contributed by atoms with Crippen LogP contribution in [0.15, 0.2) is 42.7 Å². The first-order valence-corrected chi connectivity index (χ1v) is 8.05. The summed E-state index contributed by atoms with van der Waals surface area (Å²) < 4.78 is 6.11. The Hall–Kier alpha value is -2.44. The third kappa shape index (κ3) is 2.36. The van der Waals surface area contributed by atoms with Crippen LogP contribution in [0, 0.1) is 0 Å². The topological polar surface area (TPSA) is 63.7 Å². The Morgan fingerprint density at radius 3 is 2.78 bits per heavy atom. The molecule has 0 atom stereocenters. The highest BCUT2D eigenvalue weighted by atomic mass is 35.5. The summed E-state index contributed by atoms with van der Waals surface area (Å²) in [4.78, 5) is 9.66. The van der Waals surface area contributed by atoms with Crippen LogP contribution in [0.3, 0.4) is 0 Å². The lowest BCUT2D eigenvalue weighted by Gasteiger charge is -2.07. The number of methoxy groups -OCH3 is 1. The van der Waals surface area contributed by atoms with Crippen LogP contribution in [0.4, 0.5) is 0 Å². The van der Waals surface area contributed by atoms with E-state index in [2.05, 4.69) is 20.2 Å². The van der Waals surface area contributed by atoms with Crippen LogP contribution in [0.5, 0.6) is 5.88 Å². The summed E-state index contributed by atoms with van der Waals surface area (Å²) in [6.07, 6.45) is 3.44. The van der Waals surface area contributed by atoms with Crippen molar-refractivity contribution in [2.24, 2.45) is 0 Å². The summed E-state index contributed by atoms with van der Waals surface area (Å²) in [6, 6.07) is 9.66. The average Bonchev–Trinajstić information content (AvgIpc) is 3.21. The molecule has 4 aromatic heterocycles. The van der Waals surface area contributed by atoms with Crippen LogP contribution in [0.25, 0.3) is 32.7 Å². The number of rotatable bonds is 3. The second kappa shape index (κ2) is 5.64. The second-order valence-electron chi connectivity index (χ2n) is 4.82. The van der Waals surface area contributed by atoms with E-state index in [9.17, 15) is 0 Å². The molecule has 0 unspecified atom stereocenters. The molecule has 0 aliphatic heterocycles. The van der Waals surface area contributed by atoms with Gasteiger partial charge in [-0.1, -0.05) is 11.6 Å². The number of pyridine rings is 2. The minimum atomic E-state index is 0.539. The van der Waals surface area contributed by atoms with E-state index in [4.69, 9.17) is 16.3 Å². The Morgan fingerprint density at radius 2 is 2.00 bits per heavy atom. The van der Waals surface area contributed by atoms with Crippen LogP contribution in [-0.4, -0.2) is 27.3 Å². The molecule has 0 amide bonds. The molecule has 5 nitrogen and oxygen atoms in total. The predicted molar refractivity (Wildman–Crippen MR) is 92.0 cm³/mol. The molecule has 0 bridgehead atoms. The maximum atomic E-state index is 6.09. The van der Waals surface area contributed by atoms with Crippen LogP contribution in [-0.2, 0) is 0 Å². The van der Waals surface area contributed by atoms with Crippen molar-refractivity contribution in [2.45, 2.75) is 0 Å². The zero-order chi connectivity index (χ0) is 15.8. The van der Waals surface area contributed by atoms with E-state index in [0.29, 0.717) is 11.5 Å². The monoisotopic (exact) mass is 342 g/mol. The number of thiophene rings is 1. The van der Waals surface area contributed by atoms with Gasteiger partial charge in [-0.25, -0.2) is 9.97 Å². The summed E-state index contributed by atoms with van der Waals surface area (Å²) in [5.41, 5.74) is 3.35. The number of hydrogen-bond acceptors (Lipinski definition) is 5. The number of fused-ring (bicyclic) bond motifs is 1. The van der Waals surface area contributed by atoms with Crippen molar-refractivity contribution < 1.29 is 4.74 Å². The molecule has 0 fully saturated rings. The summed E-state index contributed by atoms with van der Waals surface area (Å²) in [5, 5.41) is 8.30. The molecule has 1 N–H and O–H groups in total. The largest absolute Gasteiger partial charge is 0.481 e. The number of aromatic nitrogens is 4. The van der Waals surface area contributed by atoms with E-state index < -0.39 is 0 Å². The molecule has 4 rings (SSSR count). The number of hydrogen-bond donors (Lipinski definition) is 1. The molecule has 0 saturated heterocycles. The fourth-order valence-electron chi connectivity index (χ4n) is 2.55. The number of halogens is 1. The highest BCUT2D eigenvalue weighted by Crippen LogP contribution is 2.39. The van der Waals surface area contributed by atoms with Gasteiger partial charge >= 0.3 is 0 Å². The Kier molecular flexibility index (Phi) is 3.48. The van der Waals surface area contributed by atoms with Crippen molar-refractivity contribution in [1.82, 2.24) is 20.2 Å². The fraction of sp³-hybridized carbons (Fsp3) is 0.0625. The molecular formula is C16H11ClN4OS. The molecule has 114 valence electrons. The highest BCUT2D eigenvalue weighted by molar-refractivity contribution is 7.19. The second-order valence-corrected chi connectivity index (χ2v) is 6.53. The SMILES string of the molecule is COc1ncccc1-c1[nH]nc2nccc(-c3ccc(Cl)s3)c12. The molecular weight excluding hydrogens is 332 g/mol. The van der Waals surface area contributed by atoms with Crippen molar-refractivity contribution in [3.63, 3.8) is 0 Å². The highest BCUT2D eigenvalue weighted by Gasteiger charge is 2.18. The molecule has 4 aromatic rings. The van der Waals surface area contributed by atoms with Gasteiger partial charge < -0.3 is 4.74 Å². The Balaban J connectivity index is 2.02. The van der Waals surface area contributed by atoms with E-state index in [0.717, 1.165) is 31.4 Å². The van der Waals surface area contributed by atoms with E-state index >= 15 is 0 Å². The first kappa shape index (κ1) is 14.2. The van der Waals surface area contributed by atoms with Crippen molar-refractivity contribution in [1.29, 1.82) is 0 Å². The van der Waals surface area contributed by atoms with Gasteiger partial charge in [-0.3, -0.25) is 5.10 Å². The van der Waals surface area contributed by atoms with Gasteiger partial charge in [0.15, 0.2) is 5.65 Å². The van der Waals surface area contributed by atoms with Crippen molar-refractivity contribution >= 4 is 34.0 Å². The van der Waals surface area contributed by atoms with Crippen LogP contribution >= 0.6 is 22.9 Å². The van der Waals surface area contributed by atoms with E-state index in [1.54, 1.807) is 19.5 Å². The van der Waals surface area contributed by atoms with E-state index in [1.165, 1.54) is 11.3 Å². The number of ether oxygens (including phenoxy) is 1. The summed E-state index contributed by atoms with van der Waals surface area (Å²) >= 11 is 7.61. The Labute approximate surface area is 140 Å². The molecule has 7 heteroatoms. The zero-order valence-corrected chi connectivity index (χ0v) is 13.6. The molecule has 23 heavy (non-hydrogen) atoms. The standard InChI is InChI=1S/C16H11ClN4OS/c1-22-16-10(3-2-7-19-16)14-13-9(11-4-5-12(17)23-11)6-8-18-15(13)21-20-14/h2-8H,1H3,(H,18,20,21). The maximum absolute atomic E-state index is 6.09. The lowest BCUT2D eigenvalue weighted by Crippen LogP contribution is -1.91. The average molecular weight is 343 g/mol. The number of nitrogens with one attached hydrogen (secondary N) is 1. The van der Waals surface area contributed by atoms with Gasteiger partial charge in [-0.05, 0) is 30.3 Å². The summed E-state index contributed by atoms with van der Waals surface area (Å²) in [7, 11) is 1.60. The van der Waals surface area contributed by atoms with E-state index in [1.807, 2.05) is 30.3 Å². The zero-order valence-electron chi connectivity index (χ0n) is 12.1. The molecule has 0 aliphatic rings. The van der Waals surface area contributed by atoms with Crippen molar-refractivity contribution in [3.8, 4) is 27.6 Å². The molecule has 0 aliphatic carbocycles. The molecule has 4 heterocycles. The van der Waals surface area contributed by atoms with Gasteiger partial charge in [0.1, 0.15) is 0 Å². The number of nitrogens with zero attached hydrogens (tertiary/aromatic N) is 3. The minimum Gasteiger partial charge on any atom is -0.481 e. The van der Waals surface area contributed by atoms with Crippen LogP contribution in [0.1, 0.15) is 0 Å². The Bertz CT molecular complexity index is 995. The first-order chi connectivity index (χ1) is 11.3. The minimum absolute atomic E-state index is 0.539. The van der Waals surface area contributed by atoms with Crippen LogP contribution < -0.4 is 4.74 Å². The van der Waals surface area contributed by atoms with Gasteiger partial charge in [-0.2, -0.15) is 5.10 Å². The van der Waals surface area contributed by atoms with Crippen molar-refractivity contribution in [3.05, 3.63) is 47.1 Å². The van der Waals surface area contributed by atoms with Gasteiger partial charge in [0.05, 0.1) is 28.1 Å². The number of H-pyrrole nitrogens is 1. The lowest BCUT2D eigenvalue weighted by molar-refractivity contribution is 0.399. The first-order valence-electron chi connectivity index (χ1n) is 6.86. The molecule has 0 saturated carbocycles. The van der Waals surface area contributed by atoms with Crippen LogP contribution in [0.2, 0.25) is 4.34 Å². The molecule has 0 aromatic carbocycles. The smallest absolute Gasteiger partial charge is 0.222 e. The molecule has 0 spiro atoms. The fourth-order valence-corrected chi connectivity index (χ4v) is 3.62.